The lowest BCUT2D eigenvalue weighted by molar-refractivity contribution is -0.387. The molecule has 0 spiro atoms. The smallest absolute Gasteiger partial charge is 0.317 e. The molecule has 1 aromatic rings. The lowest BCUT2D eigenvalue weighted by Gasteiger charge is -2.09. The lowest BCUT2D eigenvalue weighted by atomic mass is 10.2. The van der Waals surface area contributed by atoms with Crippen molar-refractivity contribution in [3.8, 4) is 6.07 Å². The van der Waals surface area contributed by atoms with Crippen molar-refractivity contribution in [2.24, 2.45) is 0 Å². The van der Waals surface area contributed by atoms with Gasteiger partial charge in [-0.2, -0.15) is 5.26 Å². The molecule has 0 aliphatic carbocycles. The average Bonchev–Trinajstić information content (AvgIpc) is 2.37. The molecule has 0 heterocycles. The molecule has 0 aliphatic rings. The minimum atomic E-state index is -1.38. The zero-order valence-corrected chi connectivity index (χ0v) is 10.7. The van der Waals surface area contributed by atoms with E-state index in [2.05, 4.69) is 0 Å². The molecule has 2 N–H and O–H groups in total. The summed E-state index contributed by atoms with van der Waals surface area (Å²) >= 11 is 0.568. The third kappa shape index (κ3) is 3.96. The van der Waals surface area contributed by atoms with Crippen LogP contribution >= 0.6 is 11.8 Å². The van der Waals surface area contributed by atoms with E-state index in [-0.39, 0.29) is 10.5 Å². The van der Waals surface area contributed by atoms with Crippen molar-refractivity contribution in [1.82, 2.24) is 0 Å². The first-order valence-electron chi connectivity index (χ1n) is 5.15. The van der Waals surface area contributed by atoms with Crippen LogP contribution in [-0.4, -0.2) is 32.3 Å². The van der Waals surface area contributed by atoms with Crippen LogP contribution in [0.1, 0.15) is 12.0 Å². The Labute approximate surface area is 116 Å². The fourth-order valence-electron chi connectivity index (χ4n) is 1.32. The van der Waals surface area contributed by atoms with Crippen LogP contribution in [0.15, 0.2) is 23.1 Å². The van der Waals surface area contributed by atoms with Crippen LogP contribution in [0.4, 0.5) is 5.69 Å². The van der Waals surface area contributed by atoms with E-state index in [1.54, 1.807) is 6.07 Å². The summed E-state index contributed by atoms with van der Waals surface area (Å²) in [7, 11) is 0. The van der Waals surface area contributed by atoms with E-state index in [0.717, 1.165) is 6.07 Å². The van der Waals surface area contributed by atoms with Crippen molar-refractivity contribution in [3.05, 3.63) is 33.9 Å². The molecule has 8 nitrogen and oxygen atoms in total. The molecular weight excluding hydrogens is 288 g/mol. The summed E-state index contributed by atoms with van der Waals surface area (Å²) in [6.07, 6.45) is -0.669. The number of hydrogen-bond acceptors (Lipinski definition) is 6. The first kappa shape index (κ1) is 15.5. The molecular formula is C11H8N2O6S. The van der Waals surface area contributed by atoms with Gasteiger partial charge < -0.3 is 10.2 Å². The van der Waals surface area contributed by atoms with Gasteiger partial charge in [-0.1, -0.05) is 0 Å². The minimum absolute atomic E-state index is 0.00245. The normalized spacial score (nSPS) is 11.3. The number of benzene rings is 1. The molecule has 0 radical (unpaired) electrons. The highest BCUT2D eigenvalue weighted by Crippen LogP contribution is 2.34. The van der Waals surface area contributed by atoms with Gasteiger partial charge >= 0.3 is 11.9 Å². The van der Waals surface area contributed by atoms with Gasteiger partial charge in [0.25, 0.3) is 5.69 Å². The second kappa shape index (κ2) is 6.53. The maximum atomic E-state index is 10.9. The van der Waals surface area contributed by atoms with Crippen LogP contribution in [0.2, 0.25) is 0 Å². The van der Waals surface area contributed by atoms with E-state index in [0.29, 0.717) is 11.8 Å². The van der Waals surface area contributed by atoms with Gasteiger partial charge in [0.2, 0.25) is 0 Å². The maximum Gasteiger partial charge on any atom is 0.317 e. The number of nitro benzene ring substituents is 1. The number of aliphatic carboxylic acids is 2. The molecule has 1 atom stereocenters. The van der Waals surface area contributed by atoms with Crippen LogP contribution in [0.5, 0.6) is 0 Å². The average molecular weight is 296 g/mol. The van der Waals surface area contributed by atoms with Crippen molar-refractivity contribution in [1.29, 1.82) is 5.26 Å². The van der Waals surface area contributed by atoms with E-state index in [9.17, 15) is 19.7 Å². The molecule has 0 aliphatic heterocycles. The maximum absolute atomic E-state index is 10.9. The fraction of sp³-hybridized carbons (Fsp3) is 0.182. The number of rotatable bonds is 6. The topological polar surface area (TPSA) is 142 Å². The van der Waals surface area contributed by atoms with Gasteiger partial charge in [0.05, 0.1) is 27.9 Å². The summed E-state index contributed by atoms with van der Waals surface area (Å²) in [6.45, 7) is 0. The summed E-state index contributed by atoms with van der Waals surface area (Å²) in [5, 5.41) is 35.7. The Morgan fingerprint density at radius 1 is 1.45 bits per heavy atom. The Hall–Kier alpha value is -2.60. The van der Waals surface area contributed by atoms with E-state index in [1.807, 2.05) is 0 Å². The number of hydrogen-bond donors (Lipinski definition) is 2. The molecule has 0 saturated heterocycles. The molecule has 0 saturated carbocycles. The molecule has 0 unspecified atom stereocenters. The van der Waals surface area contributed by atoms with Crippen molar-refractivity contribution in [2.75, 3.05) is 0 Å². The SMILES string of the molecule is N#Cc1ccc(S[C@@H](CC(=O)O)C(=O)O)c([N+](=O)[O-])c1. The number of nitriles is 1. The highest BCUT2D eigenvalue weighted by atomic mass is 32.2. The Balaban J connectivity index is 3.12. The van der Waals surface area contributed by atoms with E-state index < -0.39 is 34.2 Å². The second-order valence-corrected chi connectivity index (χ2v) is 4.84. The van der Waals surface area contributed by atoms with Gasteiger partial charge in [-0.15, -0.1) is 11.8 Å². The van der Waals surface area contributed by atoms with Crippen molar-refractivity contribution >= 4 is 29.4 Å². The van der Waals surface area contributed by atoms with Crippen LogP contribution < -0.4 is 0 Å². The first-order valence-corrected chi connectivity index (χ1v) is 6.03. The van der Waals surface area contributed by atoms with Crippen molar-refractivity contribution in [2.45, 2.75) is 16.6 Å². The monoisotopic (exact) mass is 296 g/mol. The predicted molar refractivity (Wildman–Crippen MR) is 67.3 cm³/mol. The quantitative estimate of drug-likeness (QED) is 0.456. The minimum Gasteiger partial charge on any atom is -0.481 e. The zero-order valence-electron chi connectivity index (χ0n) is 9.85. The second-order valence-electron chi connectivity index (χ2n) is 3.59. The highest BCUT2D eigenvalue weighted by Gasteiger charge is 2.26. The number of thioether (sulfide) groups is 1. The predicted octanol–water partition coefficient (Wildman–Crippen LogP) is 1.49. The van der Waals surface area contributed by atoms with E-state index in [4.69, 9.17) is 15.5 Å². The number of carboxylic acid groups (broad SMARTS) is 2. The third-order valence-electron chi connectivity index (χ3n) is 2.19. The van der Waals surface area contributed by atoms with Gasteiger partial charge in [0.1, 0.15) is 5.25 Å². The number of nitro groups is 1. The third-order valence-corrected chi connectivity index (χ3v) is 3.44. The number of carboxylic acids is 2. The summed E-state index contributed by atoms with van der Waals surface area (Å²) in [5.41, 5.74) is -0.364. The molecule has 20 heavy (non-hydrogen) atoms. The number of nitrogens with zero attached hydrogens (tertiary/aromatic N) is 2. The van der Waals surface area contributed by atoms with Crippen LogP contribution in [0.3, 0.4) is 0 Å². The molecule has 1 rings (SSSR count). The Morgan fingerprint density at radius 3 is 2.55 bits per heavy atom. The van der Waals surface area contributed by atoms with Crippen molar-refractivity contribution < 1.29 is 24.7 Å². The van der Waals surface area contributed by atoms with Gasteiger partial charge in [-0.25, -0.2) is 0 Å². The fourth-order valence-corrected chi connectivity index (χ4v) is 2.35. The summed E-state index contributed by atoms with van der Waals surface area (Å²) < 4.78 is 0. The zero-order chi connectivity index (χ0) is 15.3. The molecule has 104 valence electrons. The summed E-state index contributed by atoms with van der Waals surface area (Å²) in [4.78, 5) is 31.6. The Bertz CT molecular complexity index is 609. The Morgan fingerprint density at radius 2 is 2.10 bits per heavy atom. The Kier molecular flexibility index (Phi) is 5.05. The van der Waals surface area contributed by atoms with Crippen LogP contribution in [0, 0.1) is 21.4 Å². The van der Waals surface area contributed by atoms with Gasteiger partial charge in [0, 0.05) is 6.07 Å². The lowest BCUT2D eigenvalue weighted by Crippen LogP contribution is -2.20. The highest BCUT2D eigenvalue weighted by molar-refractivity contribution is 8.00. The summed E-state index contributed by atoms with van der Waals surface area (Å²) in [5.74, 6) is -2.70. The van der Waals surface area contributed by atoms with E-state index >= 15 is 0 Å². The molecule has 0 fully saturated rings. The molecule has 0 amide bonds. The largest absolute Gasteiger partial charge is 0.481 e. The van der Waals surface area contributed by atoms with Gasteiger partial charge in [-0.3, -0.25) is 19.7 Å². The van der Waals surface area contributed by atoms with E-state index in [1.165, 1.54) is 12.1 Å². The summed E-state index contributed by atoms with van der Waals surface area (Å²) in [6, 6.07) is 5.29. The standard InChI is InChI=1S/C11H8N2O6S/c12-5-6-1-2-8(7(3-6)13(18)19)20-9(11(16)17)4-10(14)15/h1-3,9H,4H2,(H,14,15)(H,16,17)/t9-/m0/s1. The number of carbonyl (C=O) groups is 2. The molecule has 0 aromatic heterocycles. The first-order chi connectivity index (χ1) is 9.35. The van der Waals surface area contributed by atoms with Gasteiger partial charge in [-0.05, 0) is 12.1 Å². The van der Waals surface area contributed by atoms with Crippen LogP contribution in [0.25, 0.3) is 0 Å². The molecule has 0 bridgehead atoms. The molecule has 1 aromatic carbocycles. The van der Waals surface area contributed by atoms with Crippen LogP contribution in [-0.2, 0) is 9.59 Å². The van der Waals surface area contributed by atoms with Gasteiger partial charge in [0.15, 0.2) is 0 Å². The molecule has 9 heteroatoms. The van der Waals surface area contributed by atoms with Crippen molar-refractivity contribution in [3.63, 3.8) is 0 Å².